The average molecular weight is 185 g/mol. The predicted molar refractivity (Wildman–Crippen MR) is 31.1 cm³/mol. The van der Waals surface area contributed by atoms with Crippen LogP contribution in [0.3, 0.4) is 0 Å². The molecule has 4 nitrogen and oxygen atoms in total. The van der Waals surface area contributed by atoms with Crippen molar-refractivity contribution >= 4 is 11.8 Å². The number of halogens is 3. The second kappa shape index (κ2) is 3.53. The lowest BCUT2D eigenvalue weighted by Gasteiger charge is -2.09. The molecule has 12 heavy (non-hydrogen) atoms. The van der Waals surface area contributed by atoms with Crippen molar-refractivity contribution in [3.8, 4) is 0 Å². The third-order valence-electron chi connectivity index (χ3n) is 1.02. The topological polar surface area (TPSA) is 69.4 Å². The molecule has 0 radical (unpaired) electrons. The first-order valence-corrected chi connectivity index (χ1v) is 2.75. The van der Waals surface area contributed by atoms with E-state index >= 15 is 0 Å². The first-order chi connectivity index (χ1) is 5.30. The van der Waals surface area contributed by atoms with Crippen molar-refractivity contribution < 1.29 is 27.5 Å². The molecule has 0 aromatic carbocycles. The van der Waals surface area contributed by atoms with E-state index in [-0.39, 0.29) is 0 Å². The van der Waals surface area contributed by atoms with Gasteiger partial charge in [-0.15, -0.1) is 0 Å². The molecule has 0 saturated carbocycles. The second-order valence-corrected chi connectivity index (χ2v) is 1.86. The van der Waals surface area contributed by atoms with E-state index in [0.717, 1.165) is 7.11 Å². The molecule has 0 aromatic rings. The normalized spacial score (nSPS) is 13.8. The Morgan fingerprint density at radius 3 is 2.08 bits per heavy atom. The maximum Gasteiger partial charge on any atom is 0.452 e. The molecule has 0 heterocycles. The largest absolute Gasteiger partial charge is 0.468 e. The van der Waals surface area contributed by atoms with Gasteiger partial charge in [0.2, 0.25) is 0 Å². The molecule has 2 N–H and O–H groups in total. The summed E-state index contributed by atoms with van der Waals surface area (Å²) in [6.07, 6.45) is -5.10. The number of carbonyl (C=O) groups excluding carboxylic acids is 2. The van der Waals surface area contributed by atoms with E-state index in [0.29, 0.717) is 0 Å². The molecule has 0 amide bonds. The van der Waals surface area contributed by atoms with Crippen LogP contribution in [0.15, 0.2) is 0 Å². The summed E-state index contributed by atoms with van der Waals surface area (Å²) < 4.78 is 38.5. The van der Waals surface area contributed by atoms with Gasteiger partial charge in [0.15, 0.2) is 6.04 Å². The molecule has 0 unspecified atom stereocenters. The zero-order valence-corrected chi connectivity index (χ0v) is 6.01. The zero-order chi connectivity index (χ0) is 9.94. The fourth-order valence-electron chi connectivity index (χ4n) is 0.410. The van der Waals surface area contributed by atoms with Gasteiger partial charge < -0.3 is 10.5 Å². The quantitative estimate of drug-likeness (QED) is 0.470. The van der Waals surface area contributed by atoms with Gasteiger partial charge in [-0.1, -0.05) is 0 Å². The van der Waals surface area contributed by atoms with Crippen LogP contribution in [0.5, 0.6) is 0 Å². The van der Waals surface area contributed by atoms with Gasteiger partial charge in [0.1, 0.15) is 0 Å². The number of nitrogens with two attached hydrogens (primary N) is 1. The number of alkyl halides is 3. The fourth-order valence-corrected chi connectivity index (χ4v) is 0.410. The molecule has 1 atom stereocenters. The van der Waals surface area contributed by atoms with E-state index in [4.69, 9.17) is 0 Å². The Labute approximate surface area is 65.5 Å². The monoisotopic (exact) mass is 185 g/mol. The van der Waals surface area contributed by atoms with E-state index in [9.17, 15) is 22.8 Å². The lowest BCUT2D eigenvalue weighted by atomic mass is 10.2. The Bertz CT molecular complexity index is 201. The van der Waals surface area contributed by atoms with Crippen molar-refractivity contribution in [2.24, 2.45) is 5.73 Å². The van der Waals surface area contributed by atoms with Crippen molar-refractivity contribution in [1.82, 2.24) is 0 Å². The number of Topliss-reactive ketones (excluding diaryl/α,β-unsaturated/α-hetero) is 1. The zero-order valence-electron chi connectivity index (χ0n) is 6.01. The Morgan fingerprint density at radius 2 is 1.83 bits per heavy atom. The minimum Gasteiger partial charge on any atom is -0.468 e. The summed E-state index contributed by atoms with van der Waals surface area (Å²) in [5.41, 5.74) is 4.61. The molecular weight excluding hydrogens is 179 g/mol. The van der Waals surface area contributed by atoms with Crippen LogP contribution >= 0.6 is 0 Å². The molecule has 0 spiro atoms. The van der Waals surface area contributed by atoms with Gasteiger partial charge in [0.05, 0.1) is 7.11 Å². The molecule has 0 aliphatic rings. The van der Waals surface area contributed by atoms with Crippen LogP contribution in [-0.2, 0) is 14.3 Å². The Balaban J connectivity index is 4.41. The molecule has 0 aromatic heterocycles. The molecule has 70 valence electrons. The van der Waals surface area contributed by atoms with Crippen LogP contribution in [0.25, 0.3) is 0 Å². The summed E-state index contributed by atoms with van der Waals surface area (Å²) in [6, 6.07) is -2.28. The molecule has 0 bridgehead atoms. The molecule has 0 rings (SSSR count). The van der Waals surface area contributed by atoms with Gasteiger partial charge in [0.25, 0.3) is 5.78 Å². The van der Waals surface area contributed by atoms with Crippen molar-refractivity contribution in [2.75, 3.05) is 7.11 Å². The third kappa shape index (κ3) is 2.50. The maximum atomic E-state index is 11.6. The van der Waals surface area contributed by atoms with Crippen LogP contribution < -0.4 is 5.73 Å². The minimum atomic E-state index is -5.10. The molecule has 0 aliphatic heterocycles. The van der Waals surface area contributed by atoms with Crippen LogP contribution in [0.2, 0.25) is 0 Å². The van der Waals surface area contributed by atoms with Crippen LogP contribution in [0, 0.1) is 0 Å². The Kier molecular flexibility index (Phi) is 3.20. The smallest absolute Gasteiger partial charge is 0.452 e. The number of hydrogen-bond donors (Lipinski definition) is 1. The van der Waals surface area contributed by atoms with Crippen LogP contribution in [-0.4, -0.2) is 31.1 Å². The van der Waals surface area contributed by atoms with Gasteiger partial charge in [-0.2, -0.15) is 13.2 Å². The van der Waals surface area contributed by atoms with Gasteiger partial charge >= 0.3 is 12.1 Å². The number of ketones is 1. The number of hydrogen-bond acceptors (Lipinski definition) is 4. The van der Waals surface area contributed by atoms with E-state index < -0.39 is 24.0 Å². The van der Waals surface area contributed by atoms with Crippen molar-refractivity contribution in [3.05, 3.63) is 0 Å². The van der Waals surface area contributed by atoms with Crippen LogP contribution in [0.1, 0.15) is 0 Å². The number of methoxy groups -OCH3 is 1. The van der Waals surface area contributed by atoms with E-state index in [1.54, 1.807) is 0 Å². The first-order valence-electron chi connectivity index (χ1n) is 2.75. The molecule has 0 aliphatic carbocycles. The predicted octanol–water partition coefficient (Wildman–Crippen LogP) is -0.382. The van der Waals surface area contributed by atoms with Gasteiger partial charge in [-0.3, -0.25) is 4.79 Å². The van der Waals surface area contributed by atoms with Crippen LogP contribution in [0.4, 0.5) is 13.2 Å². The van der Waals surface area contributed by atoms with Gasteiger partial charge in [-0.05, 0) is 0 Å². The Hall–Kier alpha value is -1.11. The average Bonchev–Trinajstić information content (AvgIpc) is 1.98. The SMILES string of the molecule is COC(=O)[C@H](N)C(=O)C(F)(F)F. The molecule has 0 fully saturated rings. The highest BCUT2D eigenvalue weighted by molar-refractivity contribution is 6.05. The summed E-state index contributed by atoms with van der Waals surface area (Å²) in [7, 11) is 0.839. The lowest BCUT2D eigenvalue weighted by Crippen LogP contribution is -2.46. The van der Waals surface area contributed by atoms with E-state index in [1.807, 2.05) is 0 Å². The lowest BCUT2D eigenvalue weighted by molar-refractivity contribution is -0.176. The summed E-state index contributed by atoms with van der Waals surface area (Å²) >= 11 is 0. The van der Waals surface area contributed by atoms with Gasteiger partial charge in [0, 0.05) is 0 Å². The summed E-state index contributed by atoms with van der Waals surface area (Å²) in [5, 5.41) is 0. The number of rotatable bonds is 2. The minimum absolute atomic E-state index is 0.839. The summed E-state index contributed by atoms with van der Waals surface area (Å²) in [6.45, 7) is 0. The fraction of sp³-hybridized carbons (Fsp3) is 0.600. The molecule has 7 heteroatoms. The van der Waals surface area contributed by atoms with Crippen molar-refractivity contribution in [3.63, 3.8) is 0 Å². The second-order valence-electron chi connectivity index (χ2n) is 1.86. The van der Waals surface area contributed by atoms with E-state index in [2.05, 4.69) is 10.5 Å². The Morgan fingerprint density at radius 1 is 1.42 bits per heavy atom. The van der Waals surface area contributed by atoms with Gasteiger partial charge in [-0.25, -0.2) is 4.79 Å². The van der Waals surface area contributed by atoms with E-state index in [1.165, 1.54) is 0 Å². The van der Waals surface area contributed by atoms with Crippen molar-refractivity contribution in [1.29, 1.82) is 0 Å². The number of carbonyl (C=O) groups is 2. The highest BCUT2D eigenvalue weighted by Gasteiger charge is 2.45. The molecular formula is C5H6F3NO3. The van der Waals surface area contributed by atoms with Crippen molar-refractivity contribution in [2.45, 2.75) is 12.2 Å². The number of ether oxygens (including phenoxy) is 1. The highest BCUT2D eigenvalue weighted by atomic mass is 19.4. The first kappa shape index (κ1) is 10.9. The third-order valence-corrected chi connectivity index (χ3v) is 1.02. The highest BCUT2D eigenvalue weighted by Crippen LogP contribution is 2.17. The maximum absolute atomic E-state index is 11.6. The summed E-state index contributed by atoms with van der Waals surface area (Å²) in [5.74, 6) is -3.72. The standard InChI is InChI=1S/C5H6F3NO3/c1-12-4(11)2(9)3(10)5(6,7)8/h2H,9H2,1H3/t2-/m1/s1. The molecule has 0 saturated heterocycles. The number of esters is 1. The summed E-state index contributed by atoms with van der Waals surface area (Å²) in [4.78, 5) is 20.5.